The number of rotatable bonds is 1. The van der Waals surface area contributed by atoms with E-state index in [4.69, 9.17) is 10.1 Å². The number of fused-ring (bicyclic) bond motifs is 4. The zero-order chi connectivity index (χ0) is 16.1. The first-order valence-electron chi connectivity index (χ1n) is 7.28. The second-order valence-corrected chi connectivity index (χ2v) is 5.55. The molecule has 2 N–H and O–H groups in total. The number of benzene rings is 2. The number of nitrogens with one attached hydrogen (secondary N) is 2. The Hall–Kier alpha value is -3.08. The van der Waals surface area contributed by atoms with Crippen molar-refractivity contribution in [3.63, 3.8) is 0 Å². The predicted octanol–water partition coefficient (Wildman–Crippen LogP) is 3.08. The lowest BCUT2D eigenvalue weighted by Gasteiger charge is -2.08. The minimum Gasteiger partial charge on any atom is -0.465 e. The number of esters is 1. The van der Waals surface area contributed by atoms with Gasteiger partial charge in [-0.05, 0) is 24.3 Å². The average Bonchev–Trinajstić information content (AvgIpc) is 2.98. The predicted molar refractivity (Wildman–Crippen MR) is 89.5 cm³/mol. The van der Waals surface area contributed by atoms with Crippen LogP contribution in [0, 0.1) is 5.41 Å². The van der Waals surface area contributed by atoms with Crippen LogP contribution < -0.4 is 5.36 Å². The summed E-state index contributed by atoms with van der Waals surface area (Å²) < 4.78 is 6.84. The van der Waals surface area contributed by atoms with E-state index in [1.165, 1.54) is 7.11 Å². The molecule has 5 nitrogen and oxygen atoms in total. The number of carbonyl (C=O) groups excluding carboxylic acids is 1. The Morgan fingerprint density at radius 2 is 1.96 bits per heavy atom. The molecule has 0 aliphatic carbocycles. The van der Waals surface area contributed by atoms with Crippen LogP contribution in [-0.4, -0.2) is 22.6 Å². The van der Waals surface area contributed by atoms with Crippen molar-refractivity contribution in [2.75, 3.05) is 7.11 Å². The van der Waals surface area contributed by atoms with Gasteiger partial charge in [-0.2, -0.15) is 0 Å². The molecule has 0 aliphatic rings. The molecular formula is C18H15N3O2. The van der Waals surface area contributed by atoms with E-state index in [1.807, 2.05) is 41.9 Å². The maximum Gasteiger partial charge on any atom is 0.337 e. The van der Waals surface area contributed by atoms with Crippen molar-refractivity contribution in [1.29, 1.82) is 5.41 Å². The number of aryl methyl sites for hydroxylation is 1. The van der Waals surface area contributed by atoms with Gasteiger partial charge in [-0.25, -0.2) is 4.79 Å². The summed E-state index contributed by atoms with van der Waals surface area (Å²) in [7, 11) is 3.34. The molecule has 0 spiro atoms. The Balaban J connectivity index is 2.22. The van der Waals surface area contributed by atoms with Gasteiger partial charge in [0.1, 0.15) is 5.65 Å². The third-order valence-corrected chi connectivity index (χ3v) is 4.32. The van der Waals surface area contributed by atoms with E-state index in [0.717, 1.165) is 32.8 Å². The van der Waals surface area contributed by atoms with Crippen LogP contribution in [0.4, 0.5) is 0 Å². The number of hydrogen-bond acceptors (Lipinski definition) is 3. The standard InChI is InChI=1S/C18H15N3O2/c1-21-14-6-4-3-5-11(14)16(19)15-12-9-10(18(22)23-2)7-8-13(12)20-17(15)21/h3-9,19-20H,1-2H3. The lowest BCUT2D eigenvalue weighted by atomic mass is 10.1. The molecule has 0 radical (unpaired) electrons. The zero-order valence-electron chi connectivity index (χ0n) is 12.8. The molecule has 0 atom stereocenters. The largest absolute Gasteiger partial charge is 0.465 e. The molecular weight excluding hydrogens is 290 g/mol. The molecule has 4 aromatic rings. The lowest BCUT2D eigenvalue weighted by molar-refractivity contribution is 0.0601. The Bertz CT molecular complexity index is 1150. The number of pyridine rings is 1. The highest BCUT2D eigenvalue weighted by Crippen LogP contribution is 2.26. The molecule has 0 unspecified atom stereocenters. The summed E-state index contributed by atoms with van der Waals surface area (Å²) in [4.78, 5) is 15.1. The van der Waals surface area contributed by atoms with Crippen LogP contribution in [0.5, 0.6) is 0 Å². The Morgan fingerprint density at radius 1 is 1.17 bits per heavy atom. The van der Waals surface area contributed by atoms with Crippen molar-refractivity contribution in [3.05, 3.63) is 53.4 Å². The maximum absolute atomic E-state index is 11.8. The molecule has 0 amide bonds. The number of para-hydroxylation sites is 1. The molecule has 2 aromatic carbocycles. The Morgan fingerprint density at radius 3 is 2.74 bits per heavy atom. The van der Waals surface area contributed by atoms with Gasteiger partial charge in [0.25, 0.3) is 0 Å². The van der Waals surface area contributed by atoms with Crippen molar-refractivity contribution in [1.82, 2.24) is 9.55 Å². The molecule has 5 heteroatoms. The number of ether oxygens (including phenoxy) is 1. The number of methoxy groups -OCH3 is 1. The van der Waals surface area contributed by atoms with Crippen LogP contribution >= 0.6 is 0 Å². The molecule has 4 rings (SSSR count). The second-order valence-electron chi connectivity index (χ2n) is 5.55. The SMILES string of the molecule is COC(=O)c1ccc2[nH]c3c(c(=N)c4ccccc4n3C)c2c1. The van der Waals surface area contributed by atoms with Crippen molar-refractivity contribution in [2.45, 2.75) is 0 Å². The quantitative estimate of drug-likeness (QED) is 0.531. The first-order chi connectivity index (χ1) is 11.1. The summed E-state index contributed by atoms with van der Waals surface area (Å²) >= 11 is 0. The van der Waals surface area contributed by atoms with Gasteiger partial charge < -0.3 is 14.3 Å². The molecule has 0 bridgehead atoms. The zero-order valence-corrected chi connectivity index (χ0v) is 12.8. The van der Waals surface area contributed by atoms with E-state index >= 15 is 0 Å². The topological polar surface area (TPSA) is 70.9 Å². The van der Waals surface area contributed by atoms with E-state index < -0.39 is 0 Å². The van der Waals surface area contributed by atoms with E-state index in [-0.39, 0.29) is 5.97 Å². The van der Waals surface area contributed by atoms with Crippen molar-refractivity contribution in [2.24, 2.45) is 7.05 Å². The van der Waals surface area contributed by atoms with Gasteiger partial charge in [-0.3, -0.25) is 5.41 Å². The van der Waals surface area contributed by atoms with Gasteiger partial charge in [-0.15, -0.1) is 0 Å². The first-order valence-corrected chi connectivity index (χ1v) is 7.28. The summed E-state index contributed by atoms with van der Waals surface area (Å²) in [5, 5.41) is 11.6. The monoisotopic (exact) mass is 305 g/mol. The van der Waals surface area contributed by atoms with Gasteiger partial charge in [-0.1, -0.05) is 18.2 Å². The van der Waals surface area contributed by atoms with Gasteiger partial charge in [0.15, 0.2) is 0 Å². The van der Waals surface area contributed by atoms with Gasteiger partial charge >= 0.3 is 5.97 Å². The number of nitrogens with zero attached hydrogens (tertiary/aromatic N) is 1. The van der Waals surface area contributed by atoms with Gasteiger partial charge in [0.05, 0.1) is 28.9 Å². The summed E-state index contributed by atoms with van der Waals surface area (Å²) in [6.45, 7) is 0. The number of H-pyrrole nitrogens is 1. The number of hydrogen-bond donors (Lipinski definition) is 2. The van der Waals surface area contributed by atoms with E-state index in [2.05, 4.69) is 4.98 Å². The van der Waals surface area contributed by atoms with Crippen LogP contribution in [0.2, 0.25) is 0 Å². The number of aromatic nitrogens is 2. The summed E-state index contributed by atoms with van der Waals surface area (Å²) in [5.74, 6) is -0.377. The Labute approximate surface area is 131 Å². The first kappa shape index (κ1) is 13.6. The smallest absolute Gasteiger partial charge is 0.337 e. The molecule has 0 saturated carbocycles. The van der Waals surface area contributed by atoms with E-state index in [1.54, 1.807) is 12.1 Å². The van der Waals surface area contributed by atoms with Crippen molar-refractivity contribution < 1.29 is 9.53 Å². The summed E-state index contributed by atoms with van der Waals surface area (Å²) in [6, 6.07) is 13.2. The molecule has 0 saturated heterocycles. The van der Waals surface area contributed by atoms with Crippen LogP contribution in [-0.2, 0) is 11.8 Å². The van der Waals surface area contributed by atoms with Crippen molar-refractivity contribution >= 4 is 38.8 Å². The minimum absolute atomic E-state index is 0.377. The summed E-state index contributed by atoms with van der Waals surface area (Å²) in [6.07, 6.45) is 0. The minimum atomic E-state index is -0.377. The highest BCUT2D eigenvalue weighted by atomic mass is 16.5. The molecule has 2 aromatic heterocycles. The number of carbonyl (C=O) groups is 1. The average molecular weight is 305 g/mol. The highest BCUT2D eigenvalue weighted by molar-refractivity contribution is 6.11. The normalized spacial score (nSPS) is 11.4. The van der Waals surface area contributed by atoms with Gasteiger partial charge in [0.2, 0.25) is 0 Å². The fourth-order valence-electron chi connectivity index (χ4n) is 3.16. The van der Waals surface area contributed by atoms with Crippen LogP contribution in [0.1, 0.15) is 10.4 Å². The molecule has 114 valence electrons. The highest BCUT2D eigenvalue weighted by Gasteiger charge is 2.14. The fraction of sp³-hybridized carbons (Fsp3) is 0.111. The van der Waals surface area contributed by atoms with Gasteiger partial charge in [0, 0.05) is 23.3 Å². The van der Waals surface area contributed by atoms with Crippen LogP contribution in [0.25, 0.3) is 32.8 Å². The Kier molecular flexibility index (Phi) is 2.78. The van der Waals surface area contributed by atoms with Crippen LogP contribution in [0.15, 0.2) is 42.5 Å². The third-order valence-electron chi connectivity index (χ3n) is 4.32. The lowest BCUT2D eigenvalue weighted by Crippen LogP contribution is -2.08. The summed E-state index contributed by atoms with van der Waals surface area (Å²) in [5.41, 5.74) is 3.23. The maximum atomic E-state index is 11.8. The molecule has 23 heavy (non-hydrogen) atoms. The van der Waals surface area contributed by atoms with E-state index in [9.17, 15) is 4.79 Å². The van der Waals surface area contributed by atoms with E-state index in [0.29, 0.717) is 10.9 Å². The molecule has 0 fully saturated rings. The number of aromatic amines is 1. The van der Waals surface area contributed by atoms with Crippen LogP contribution in [0.3, 0.4) is 0 Å². The third kappa shape index (κ3) is 1.80. The fourth-order valence-corrected chi connectivity index (χ4v) is 3.16. The molecule has 2 heterocycles. The molecule has 0 aliphatic heterocycles. The van der Waals surface area contributed by atoms with Crippen molar-refractivity contribution in [3.8, 4) is 0 Å². The second kappa shape index (κ2) is 4.71.